The molecule has 14 heavy (non-hydrogen) atoms. The van der Waals surface area contributed by atoms with Gasteiger partial charge in [0.2, 0.25) is 0 Å². The summed E-state index contributed by atoms with van der Waals surface area (Å²) in [6.07, 6.45) is 0.0625. The van der Waals surface area contributed by atoms with Crippen LogP contribution in [0.3, 0.4) is 0 Å². The van der Waals surface area contributed by atoms with Gasteiger partial charge >= 0.3 is 0 Å². The van der Waals surface area contributed by atoms with Crippen LogP contribution in [-0.2, 0) is 9.59 Å². The van der Waals surface area contributed by atoms with Crippen molar-refractivity contribution in [1.29, 1.82) is 0 Å². The quantitative estimate of drug-likeness (QED) is 0.577. The monoisotopic (exact) mass is 322 g/mol. The van der Waals surface area contributed by atoms with Crippen LogP contribution in [0.1, 0.15) is 48.0 Å². The molecule has 0 aromatic carbocycles. The summed E-state index contributed by atoms with van der Waals surface area (Å²) in [5, 5.41) is 0. The Morgan fingerprint density at radius 1 is 0.786 bits per heavy atom. The molecule has 0 aliphatic rings. The van der Waals surface area contributed by atoms with Crippen molar-refractivity contribution >= 4 is 60.4 Å². The van der Waals surface area contributed by atoms with Crippen molar-refractivity contribution in [2.45, 2.75) is 48.0 Å². The van der Waals surface area contributed by atoms with Gasteiger partial charge in [0.15, 0.2) is 0 Å². The number of ketones is 2. The van der Waals surface area contributed by atoms with E-state index in [1.54, 1.807) is 0 Å². The predicted octanol–water partition coefficient (Wildman–Crippen LogP) is 2.23. The van der Waals surface area contributed by atoms with E-state index in [4.69, 9.17) is 0 Å². The molecule has 0 heterocycles. The van der Waals surface area contributed by atoms with Crippen molar-refractivity contribution in [3.63, 3.8) is 0 Å². The molecule has 0 aliphatic heterocycles. The molecule has 0 aromatic heterocycles. The first-order valence-electron chi connectivity index (χ1n) is 4.62. The fourth-order valence-corrected chi connectivity index (χ4v) is 0.676. The van der Waals surface area contributed by atoms with Crippen LogP contribution in [-0.4, -0.2) is 60.4 Å². The number of hydrogen-bond acceptors (Lipinski definition) is 2. The Morgan fingerprint density at radius 2 is 1.00 bits per heavy atom. The van der Waals surface area contributed by atoms with Crippen LogP contribution < -0.4 is 0 Å². The van der Waals surface area contributed by atoms with Gasteiger partial charge in [-0.3, -0.25) is 9.59 Å². The Labute approximate surface area is 127 Å². The normalized spacial score (nSPS) is 11.9. The molecule has 0 atom stereocenters. The zero-order valence-electron chi connectivity index (χ0n) is 10.2. The summed E-state index contributed by atoms with van der Waals surface area (Å²) in [7, 11) is 0. The first-order chi connectivity index (χ1) is 5.55. The molecule has 0 bridgehead atoms. The van der Waals surface area contributed by atoms with Gasteiger partial charge in [-0.15, -0.1) is 0 Å². The van der Waals surface area contributed by atoms with Crippen LogP contribution in [0.4, 0.5) is 0 Å². The van der Waals surface area contributed by atoms with Crippen LogP contribution in [0.5, 0.6) is 0 Å². The number of hydrogen-bond donors (Lipinski definition) is 0. The molecular weight excluding hydrogens is 301 g/mol. The molecule has 2 radical (unpaired) electrons. The molecule has 0 saturated carbocycles. The SMILES string of the molecule is CC(C)(C)C(=O)CC(=O)C(C)(C)C.[Ba]. The van der Waals surface area contributed by atoms with Crippen molar-refractivity contribution in [3.8, 4) is 0 Å². The van der Waals surface area contributed by atoms with E-state index in [0.29, 0.717) is 0 Å². The van der Waals surface area contributed by atoms with E-state index in [9.17, 15) is 9.59 Å². The Hall–Kier alpha value is 0.911. The molecule has 0 spiro atoms. The van der Waals surface area contributed by atoms with Gasteiger partial charge < -0.3 is 0 Å². The molecule has 0 amide bonds. The van der Waals surface area contributed by atoms with Gasteiger partial charge in [0.25, 0.3) is 0 Å². The summed E-state index contributed by atoms with van der Waals surface area (Å²) in [4.78, 5) is 23.0. The molecule has 0 rings (SSSR count). The Bertz CT molecular complexity index is 194. The van der Waals surface area contributed by atoms with E-state index in [2.05, 4.69) is 0 Å². The summed E-state index contributed by atoms with van der Waals surface area (Å²) in [6, 6.07) is 0. The van der Waals surface area contributed by atoms with E-state index >= 15 is 0 Å². The van der Waals surface area contributed by atoms with E-state index in [1.807, 2.05) is 41.5 Å². The average molecular weight is 322 g/mol. The Morgan fingerprint density at radius 3 is 1.14 bits per heavy atom. The molecule has 0 saturated heterocycles. The van der Waals surface area contributed by atoms with Crippen LogP contribution in [0.2, 0.25) is 0 Å². The second-order valence-corrected chi connectivity index (χ2v) is 5.52. The minimum Gasteiger partial charge on any atom is -0.299 e. The van der Waals surface area contributed by atoms with Crippen LogP contribution in [0.25, 0.3) is 0 Å². The average Bonchev–Trinajstić information content (AvgIpc) is 1.82. The van der Waals surface area contributed by atoms with E-state index in [0.717, 1.165) is 0 Å². The third-order valence-corrected chi connectivity index (χ3v) is 1.99. The van der Waals surface area contributed by atoms with Crippen LogP contribution in [0, 0.1) is 10.8 Å². The molecule has 0 N–H and O–H groups in total. The van der Waals surface area contributed by atoms with Crippen molar-refractivity contribution in [1.82, 2.24) is 0 Å². The summed E-state index contributed by atoms with van der Waals surface area (Å²) >= 11 is 0. The second kappa shape index (κ2) is 5.85. The van der Waals surface area contributed by atoms with Crippen LogP contribution >= 0.6 is 0 Å². The summed E-state index contributed by atoms with van der Waals surface area (Å²) in [5.74, 6) is 0.0415. The molecular formula is C11H20BaO2. The topological polar surface area (TPSA) is 34.1 Å². The van der Waals surface area contributed by atoms with Crippen molar-refractivity contribution in [2.75, 3.05) is 0 Å². The smallest absolute Gasteiger partial charge is 0.145 e. The van der Waals surface area contributed by atoms with Gasteiger partial charge in [-0.25, -0.2) is 0 Å². The molecule has 0 aliphatic carbocycles. The van der Waals surface area contributed by atoms with Gasteiger partial charge in [-0.1, -0.05) is 41.5 Å². The maximum absolute atomic E-state index is 11.5. The number of carbonyl (C=O) groups is 2. The fourth-order valence-electron chi connectivity index (χ4n) is 0.676. The molecule has 0 aromatic rings. The molecule has 78 valence electrons. The maximum atomic E-state index is 11.5. The Balaban J connectivity index is 0. The standard InChI is InChI=1S/C11H20O2.Ba/c1-10(2,3)8(12)7-9(13)11(4,5)6;/h7H2,1-6H3;. The summed E-state index contributed by atoms with van der Waals surface area (Å²) < 4.78 is 0. The minimum absolute atomic E-state index is 0. The maximum Gasteiger partial charge on any atom is 0.145 e. The summed E-state index contributed by atoms with van der Waals surface area (Å²) in [5.41, 5.74) is -0.804. The zero-order chi connectivity index (χ0) is 10.9. The largest absolute Gasteiger partial charge is 0.299 e. The molecule has 2 nitrogen and oxygen atoms in total. The summed E-state index contributed by atoms with van der Waals surface area (Å²) in [6.45, 7) is 11.0. The van der Waals surface area contributed by atoms with Crippen molar-refractivity contribution in [2.24, 2.45) is 10.8 Å². The number of Topliss-reactive ketones (excluding diaryl/α,β-unsaturated/α-hetero) is 2. The van der Waals surface area contributed by atoms with Crippen LogP contribution in [0.15, 0.2) is 0 Å². The minimum atomic E-state index is -0.402. The van der Waals surface area contributed by atoms with Gasteiger partial charge in [0.05, 0.1) is 6.42 Å². The first kappa shape index (κ1) is 17.3. The van der Waals surface area contributed by atoms with E-state index in [-0.39, 0.29) is 66.9 Å². The third-order valence-electron chi connectivity index (χ3n) is 1.99. The fraction of sp³-hybridized carbons (Fsp3) is 0.818. The van der Waals surface area contributed by atoms with Crippen molar-refractivity contribution < 1.29 is 9.59 Å². The van der Waals surface area contributed by atoms with Gasteiger partial charge in [0.1, 0.15) is 11.6 Å². The predicted molar refractivity (Wildman–Crippen MR) is 59.3 cm³/mol. The number of carbonyl (C=O) groups excluding carboxylic acids is 2. The zero-order valence-corrected chi connectivity index (χ0v) is 14.7. The Kier molecular flexibility index (Phi) is 7.23. The van der Waals surface area contributed by atoms with Gasteiger partial charge in [-0.2, -0.15) is 0 Å². The van der Waals surface area contributed by atoms with Gasteiger partial charge in [0, 0.05) is 59.7 Å². The second-order valence-electron chi connectivity index (χ2n) is 5.52. The van der Waals surface area contributed by atoms with E-state index < -0.39 is 10.8 Å². The first-order valence-corrected chi connectivity index (χ1v) is 4.62. The molecule has 3 heteroatoms. The molecule has 0 fully saturated rings. The van der Waals surface area contributed by atoms with Crippen molar-refractivity contribution in [3.05, 3.63) is 0 Å². The van der Waals surface area contributed by atoms with Gasteiger partial charge in [-0.05, 0) is 0 Å². The molecule has 0 unspecified atom stereocenters. The third kappa shape index (κ3) is 6.41. The number of rotatable bonds is 2. The van der Waals surface area contributed by atoms with E-state index in [1.165, 1.54) is 0 Å².